The van der Waals surface area contributed by atoms with Crippen molar-refractivity contribution in [3.63, 3.8) is 0 Å². The number of imidazole rings is 1. The van der Waals surface area contributed by atoms with Gasteiger partial charge in [-0.15, -0.1) is 5.10 Å². The summed E-state index contributed by atoms with van der Waals surface area (Å²) in [5.41, 5.74) is 4.10. The average Bonchev–Trinajstić information content (AvgIpc) is 3.31. The van der Waals surface area contributed by atoms with E-state index in [2.05, 4.69) is 56.6 Å². The molecule has 150 valence electrons. The summed E-state index contributed by atoms with van der Waals surface area (Å²) in [5, 5.41) is 8.21. The normalized spacial score (nSPS) is 20.0. The Morgan fingerprint density at radius 3 is 2.62 bits per heavy atom. The molecule has 1 aliphatic carbocycles. The van der Waals surface area contributed by atoms with Gasteiger partial charge in [0.25, 0.3) is 0 Å². The van der Waals surface area contributed by atoms with Gasteiger partial charge in [-0.25, -0.2) is 19.5 Å². The monoisotopic (exact) mass is 390 g/mol. The lowest BCUT2D eigenvalue weighted by Crippen LogP contribution is -2.36. The molecule has 0 amide bonds. The maximum atomic E-state index is 4.68. The fourth-order valence-corrected chi connectivity index (χ4v) is 4.26. The molecule has 29 heavy (non-hydrogen) atoms. The van der Waals surface area contributed by atoms with Crippen LogP contribution < -0.4 is 5.32 Å². The first-order valence-electron chi connectivity index (χ1n) is 10.2. The molecule has 4 aromatic heterocycles. The van der Waals surface area contributed by atoms with Gasteiger partial charge in [0, 0.05) is 47.5 Å². The second-order valence-electron chi connectivity index (χ2n) is 8.17. The molecule has 0 aromatic carbocycles. The summed E-state index contributed by atoms with van der Waals surface area (Å²) in [4.78, 5) is 15.7. The van der Waals surface area contributed by atoms with Crippen LogP contribution in [0.2, 0.25) is 0 Å². The number of anilines is 1. The molecule has 0 saturated heterocycles. The third-order valence-corrected chi connectivity index (χ3v) is 6.04. The summed E-state index contributed by atoms with van der Waals surface area (Å²) >= 11 is 0. The lowest BCUT2D eigenvalue weighted by atomic mass is 9.91. The molecule has 4 aromatic rings. The molecule has 0 bridgehead atoms. The molecule has 0 aliphatic heterocycles. The molecule has 1 saturated carbocycles. The van der Waals surface area contributed by atoms with E-state index < -0.39 is 0 Å². The number of hydrogen-bond donors (Lipinski definition) is 1. The van der Waals surface area contributed by atoms with Gasteiger partial charge < -0.3 is 10.2 Å². The van der Waals surface area contributed by atoms with Crippen LogP contribution in [0.25, 0.3) is 22.4 Å². The summed E-state index contributed by atoms with van der Waals surface area (Å²) in [5.74, 6) is 1.40. The highest BCUT2D eigenvalue weighted by Gasteiger charge is 2.23. The summed E-state index contributed by atoms with van der Waals surface area (Å²) in [6, 6.07) is 3.19. The lowest BCUT2D eigenvalue weighted by molar-refractivity contribution is 0.221. The van der Waals surface area contributed by atoms with E-state index in [9.17, 15) is 0 Å². The Morgan fingerprint density at radius 2 is 1.83 bits per heavy atom. The second kappa shape index (κ2) is 7.11. The zero-order valence-corrected chi connectivity index (χ0v) is 17.1. The van der Waals surface area contributed by atoms with E-state index in [1.807, 2.05) is 40.6 Å². The van der Waals surface area contributed by atoms with Crippen molar-refractivity contribution < 1.29 is 0 Å². The Labute approximate surface area is 169 Å². The minimum atomic E-state index is 0.439. The van der Waals surface area contributed by atoms with Crippen molar-refractivity contribution in [2.24, 2.45) is 0 Å². The van der Waals surface area contributed by atoms with Crippen LogP contribution in [0.5, 0.6) is 0 Å². The maximum absolute atomic E-state index is 4.68. The number of nitrogens with zero attached hydrogens (tertiary/aromatic N) is 7. The molecule has 0 spiro atoms. The number of hydrogen-bond acceptors (Lipinski definition) is 6. The highest BCUT2D eigenvalue weighted by Crippen LogP contribution is 2.26. The van der Waals surface area contributed by atoms with Crippen LogP contribution in [0.3, 0.4) is 0 Å². The van der Waals surface area contributed by atoms with Crippen LogP contribution in [0.1, 0.15) is 31.4 Å². The van der Waals surface area contributed by atoms with E-state index in [1.54, 1.807) is 0 Å². The quantitative estimate of drug-likeness (QED) is 0.577. The van der Waals surface area contributed by atoms with E-state index in [-0.39, 0.29) is 0 Å². The summed E-state index contributed by atoms with van der Waals surface area (Å²) in [7, 11) is 4.33. The molecule has 0 atom stereocenters. The van der Waals surface area contributed by atoms with Gasteiger partial charge in [-0.3, -0.25) is 4.40 Å². The van der Waals surface area contributed by atoms with Gasteiger partial charge in [0.15, 0.2) is 0 Å². The molecule has 0 unspecified atom stereocenters. The van der Waals surface area contributed by atoms with E-state index in [1.165, 1.54) is 12.8 Å². The number of rotatable bonds is 4. The Morgan fingerprint density at radius 1 is 1.03 bits per heavy atom. The second-order valence-corrected chi connectivity index (χ2v) is 8.17. The zero-order chi connectivity index (χ0) is 20.0. The molecule has 4 heterocycles. The SMILES string of the molecule is Cc1cnc2ncc(-c3ccn4nc(NC5CCC(N(C)C)CC5)ncc34)cn12. The van der Waals surface area contributed by atoms with Crippen molar-refractivity contribution in [3.8, 4) is 11.1 Å². The Hall–Kier alpha value is -3.00. The van der Waals surface area contributed by atoms with Crippen molar-refractivity contribution in [1.82, 2.24) is 33.9 Å². The fraction of sp³-hybridized carbons (Fsp3) is 0.429. The Bertz CT molecular complexity index is 1150. The number of aryl methyl sites for hydroxylation is 1. The van der Waals surface area contributed by atoms with Crippen molar-refractivity contribution in [2.45, 2.75) is 44.7 Å². The average molecular weight is 390 g/mol. The van der Waals surface area contributed by atoms with E-state index in [4.69, 9.17) is 0 Å². The van der Waals surface area contributed by atoms with Crippen LogP contribution in [0.15, 0.2) is 37.1 Å². The van der Waals surface area contributed by atoms with Crippen molar-refractivity contribution in [3.05, 3.63) is 42.7 Å². The molecule has 5 rings (SSSR count). The van der Waals surface area contributed by atoms with E-state index in [0.717, 1.165) is 35.2 Å². The lowest BCUT2D eigenvalue weighted by Gasteiger charge is -2.32. The van der Waals surface area contributed by atoms with Crippen molar-refractivity contribution in [2.75, 3.05) is 19.4 Å². The molecule has 1 aliphatic rings. The Kier molecular flexibility index (Phi) is 4.43. The molecule has 1 fully saturated rings. The van der Waals surface area contributed by atoms with Crippen LogP contribution in [-0.2, 0) is 0 Å². The zero-order valence-electron chi connectivity index (χ0n) is 17.1. The third-order valence-electron chi connectivity index (χ3n) is 6.04. The maximum Gasteiger partial charge on any atom is 0.241 e. The molecule has 8 nitrogen and oxygen atoms in total. The van der Waals surface area contributed by atoms with Crippen LogP contribution in [0, 0.1) is 6.92 Å². The minimum Gasteiger partial charge on any atom is -0.350 e. The first-order chi connectivity index (χ1) is 14.1. The van der Waals surface area contributed by atoms with Crippen molar-refractivity contribution in [1.29, 1.82) is 0 Å². The summed E-state index contributed by atoms with van der Waals surface area (Å²) in [6.07, 6.45) is 14.3. The first-order valence-corrected chi connectivity index (χ1v) is 10.2. The van der Waals surface area contributed by atoms with Crippen LogP contribution in [0.4, 0.5) is 5.95 Å². The molecule has 0 radical (unpaired) electrons. The van der Waals surface area contributed by atoms with Gasteiger partial charge in [-0.2, -0.15) is 0 Å². The largest absolute Gasteiger partial charge is 0.350 e. The third kappa shape index (κ3) is 3.33. The van der Waals surface area contributed by atoms with Crippen molar-refractivity contribution >= 4 is 17.2 Å². The summed E-state index contributed by atoms with van der Waals surface area (Å²) in [6.45, 7) is 2.02. The van der Waals surface area contributed by atoms with Gasteiger partial charge in [0.05, 0.1) is 17.9 Å². The van der Waals surface area contributed by atoms with Gasteiger partial charge in [0.2, 0.25) is 11.7 Å². The van der Waals surface area contributed by atoms with E-state index >= 15 is 0 Å². The highest BCUT2D eigenvalue weighted by molar-refractivity contribution is 5.79. The molecule has 1 N–H and O–H groups in total. The van der Waals surface area contributed by atoms with Crippen LogP contribution >= 0.6 is 0 Å². The number of nitrogens with one attached hydrogen (secondary N) is 1. The van der Waals surface area contributed by atoms with E-state index in [0.29, 0.717) is 23.8 Å². The molecular weight excluding hydrogens is 364 g/mol. The molecule has 8 heteroatoms. The number of aromatic nitrogens is 6. The number of fused-ring (bicyclic) bond motifs is 2. The van der Waals surface area contributed by atoms with Gasteiger partial charge in [-0.05, 0) is 52.8 Å². The predicted molar refractivity (Wildman–Crippen MR) is 113 cm³/mol. The summed E-state index contributed by atoms with van der Waals surface area (Å²) < 4.78 is 3.89. The van der Waals surface area contributed by atoms with Gasteiger partial charge in [-0.1, -0.05) is 0 Å². The van der Waals surface area contributed by atoms with Gasteiger partial charge >= 0.3 is 0 Å². The standard InChI is InChI=1S/C21H26N8/c1-14-10-23-21-24-11-15(13-28(14)21)18-8-9-29-19(18)12-22-20(26-29)25-16-4-6-17(7-5-16)27(2)3/h8-13,16-17H,4-7H2,1-3H3,(H,25,26). The van der Waals surface area contributed by atoms with Gasteiger partial charge in [0.1, 0.15) is 0 Å². The topological polar surface area (TPSA) is 75.7 Å². The minimum absolute atomic E-state index is 0.439. The highest BCUT2D eigenvalue weighted by atomic mass is 15.3. The molecular formula is C21H26N8. The first kappa shape index (κ1) is 18.1. The Balaban J connectivity index is 1.38. The smallest absolute Gasteiger partial charge is 0.241 e. The van der Waals surface area contributed by atoms with Crippen LogP contribution in [-0.4, -0.2) is 60.0 Å². The fourth-order valence-electron chi connectivity index (χ4n) is 4.26. The predicted octanol–water partition coefficient (Wildman–Crippen LogP) is 3.03.